The van der Waals surface area contributed by atoms with Gasteiger partial charge in [0.1, 0.15) is 12.4 Å². The number of ether oxygens (including phenoxy) is 2. The average molecular weight is 699 g/mol. The van der Waals surface area contributed by atoms with E-state index < -0.39 is 53.8 Å². The van der Waals surface area contributed by atoms with E-state index in [1.807, 2.05) is 23.5 Å². The smallest absolute Gasteiger partial charge is 0.331 e. The molecule has 0 aliphatic heterocycles. The lowest BCUT2D eigenvalue weighted by Crippen LogP contribution is -2.64. The number of methoxy groups -OCH3 is 2. The zero-order valence-electron chi connectivity index (χ0n) is 29.6. The Balaban J connectivity index is 2.58. The lowest BCUT2D eigenvalue weighted by molar-refractivity contribution is -0.172. The summed E-state index contributed by atoms with van der Waals surface area (Å²) in [6.45, 7) is 5.67. The van der Waals surface area contributed by atoms with Crippen molar-refractivity contribution in [2.75, 3.05) is 34.4 Å². The third kappa shape index (κ3) is 13.9. The van der Waals surface area contributed by atoms with E-state index in [1.54, 1.807) is 69.5 Å². The molecule has 1 aromatic heterocycles. The molecule has 0 aromatic carbocycles. The molecule has 50 heavy (non-hydrogen) atoms. The molecule has 0 aliphatic rings. The van der Waals surface area contributed by atoms with Gasteiger partial charge in [-0.05, 0) is 33.3 Å². The number of nitrogens with one attached hydrogen (secondary N) is 2. The van der Waals surface area contributed by atoms with Crippen molar-refractivity contribution in [1.82, 2.24) is 20.5 Å². The van der Waals surface area contributed by atoms with Gasteiger partial charge in [-0.1, -0.05) is 72.9 Å². The Morgan fingerprint density at radius 3 is 2.24 bits per heavy atom. The van der Waals surface area contributed by atoms with Crippen LogP contribution in [0, 0.1) is 5.41 Å². The standard InChI is InChI=1S/C36H50N4O10/c1-26(19-15-12-13-16-20-28-23-37-25-50-28)31(43)35(3,4)33(45)38-22-18-14-10-8-9-11-17-21-29(42)39-36(47,24-41)34(46)40(5)30(27(2)48-6)32(44)49-7/h8-19,21,23,25,27,30-31,41,43,47H,20,22,24H2,1-7H3,(H,38,45)(H,39,42). The van der Waals surface area contributed by atoms with Gasteiger partial charge in [0.15, 0.2) is 12.4 Å². The third-order valence-corrected chi connectivity index (χ3v) is 7.45. The molecule has 0 bridgehead atoms. The van der Waals surface area contributed by atoms with Crippen molar-refractivity contribution >= 4 is 23.7 Å². The van der Waals surface area contributed by atoms with Crippen LogP contribution >= 0.6 is 0 Å². The van der Waals surface area contributed by atoms with Crippen LogP contribution < -0.4 is 10.6 Å². The van der Waals surface area contributed by atoms with Crippen LogP contribution in [0.5, 0.6) is 0 Å². The highest BCUT2D eigenvalue weighted by Crippen LogP contribution is 2.26. The lowest BCUT2D eigenvalue weighted by Gasteiger charge is -2.35. The van der Waals surface area contributed by atoms with Crippen LogP contribution in [0.3, 0.4) is 0 Å². The average Bonchev–Trinajstić information content (AvgIpc) is 3.62. The van der Waals surface area contributed by atoms with Crippen molar-refractivity contribution in [2.24, 2.45) is 5.41 Å². The molecule has 0 radical (unpaired) electrons. The van der Waals surface area contributed by atoms with Crippen LogP contribution in [0.25, 0.3) is 0 Å². The maximum absolute atomic E-state index is 12.9. The van der Waals surface area contributed by atoms with Gasteiger partial charge in [-0.15, -0.1) is 0 Å². The first-order valence-electron chi connectivity index (χ1n) is 15.7. The highest BCUT2D eigenvalue weighted by molar-refractivity contribution is 5.96. The van der Waals surface area contributed by atoms with Gasteiger partial charge in [0.05, 0.1) is 30.9 Å². The summed E-state index contributed by atoms with van der Waals surface area (Å²) in [5.41, 5.74) is -3.16. The fourth-order valence-corrected chi connectivity index (χ4v) is 4.33. The molecular formula is C36H50N4O10. The Kier molecular flexibility index (Phi) is 18.9. The monoisotopic (exact) mass is 698 g/mol. The summed E-state index contributed by atoms with van der Waals surface area (Å²) in [7, 11) is 3.65. The molecule has 0 aliphatic carbocycles. The van der Waals surface area contributed by atoms with Crippen LogP contribution in [0.1, 0.15) is 33.5 Å². The van der Waals surface area contributed by atoms with E-state index >= 15 is 0 Å². The quantitative estimate of drug-likeness (QED) is 0.0576. The van der Waals surface area contributed by atoms with Crippen molar-refractivity contribution in [3.63, 3.8) is 0 Å². The maximum atomic E-state index is 12.9. The summed E-state index contributed by atoms with van der Waals surface area (Å²) in [5, 5.41) is 35.9. The Morgan fingerprint density at radius 1 is 1.02 bits per heavy atom. The number of likely N-dealkylation sites (N-methyl/N-ethyl adjacent to an activating group) is 1. The lowest BCUT2D eigenvalue weighted by atomic mass is 9.81. The van der Waals surface area contributed by atoms with Crippen LogP contribution in [0.2, 0.25) is 0 Å². The summed E-state index contributed by atoms with van der Waals surface area (Å²) in [5.74, 6) is -2.41. The van der Waals surface area contributed by atoms with Gasteiger partial charge in [0.25, 0.3) is 5.91 Å². The Labute approximate surface area is 293 Å². The van der Waals surface area contributed by atoms with Crippen LogP contribution in [-0.4, -0.2) is 107 Å². The van der Waals surface area contributed by atoms with Crippen molar-refractivity contribution in [3.05, 3.63) is 103 Å². The summed E-state index contributed by atoms with van der Waals surface area (Å²) in [6, 6.07) is -1.25. The molecule has 0 fully saturated rings. The SMILES string of the molecule is COC(=O)C(C(C)OC)N(C)C(=O)C(O)(CO)NC(=O)C=CC=CC=CC=CCNC(=O)C(C)(C)C(O)C(C)=CC=CC=CCc1cnco1. The fraction of sp³-hybridized carbons (Fsp3) is 0.417. The molecule has 4 atom stereocenters. The second kappa shape index (κ2) is 22.0. The molecule has 1 rings (SSSR count). The third-order valence-electron chi connectivity index (χ3n) is 7.45. The van der Waals surface area contributed by atoms with E-state index in [0.29, 0.717) is 12.0 Å². The van der Waals surface area contributed by atoms with E-state index in [1.165, 1.54) is 39.6 Å². The minimum absolute atomic E-state index is 0.230. The van der Waals surface area contributed by atoms with Crippen LogP contribution in [0.4, 0.5) is 0 Å². The fourth-order valence-electron chi connectivity index (χ4n) is 4.33. The zero-order valence-corrected chi connectivity index (χ0v) is 29.6. The highest BCUT2D eigenvalue weighted by Gasteiger charge is 2.44. The Bertz CT molecular complexity index is 1460. The Hall–Kier alpha value is -4.89. The molecule has 14 heteroatoms. The topological polar surface area (TPSA) is 201 Å². The number of aromatic nitrogens is 1. The van der Waals surface area contributed by atoms with Crippen molar-refractivity contribution in [2.45, 2.75) is 58.1 Å². The van der Waals surface area contributed by atoms with E-state index in [2.05, 4.69) is 10.3 Å². The summed E-state index contributed by atoms with van der Waals surface area (Å²) in [6.07, 6.45) is 23.2. The zero-order chi connectivity index (χ0) is 37.7. The molecule has 274 valence electrons. The van der Waals surface area contributed by atoms with Crippen molar-refractivity contribution < 1.29 is 48.4 Å². The van der Waals surface area contributed by atoms with Crippen molar-refractivity contribution in [1.29, 1.82) is 0 Å². The number of esters is 1. The second-order valence-corrected chi connectivity index (χ2v) is 11.6. The molecule has 14 nitrogen and oxygen atoms in total. The first-order valence-corrected chi connectivity index (χ1v) is 15.7. The molecular weight excluding hydrogens is 648 g/mol. The number of nitrogens with zero attached hydrogens (tertiary/aromatic N) is 2. The van der Waals surface area contributed by atoms with Gasteiger partial charge in [-0.2, -0.15) is 0 Å². The molecule has 5 N–H and O–H groups in total. The number of hydrogen-bond acceptors (Lipinski definition) is 11. The van der Waals surface area contributed by atoms with Gasteiger partial charge in [-0.3, -0.25) is 14.4 Å². The number of carbonyl (C=O) groups is 4. The summed E-state index contributed by atoms with van der Waals surface area (Å²) in [4.78, 5) is 54.9. The number of aliphatic hydroxyl groups excluding tert-OH is 2. The number of carbonyl (C=O) groups excluding carboxylic acids is 4. The number of rotatable bonds is 20. The summed E-state index contributed by atoms with van der Waals surface area (Å²) < 4.78 is 15.0. The van der Waals surface area contributed by atoms with Gasteiger partial charge < -0.3 is 44.7 Å². The van der Waals surface area contributed by atoms with Gasteiger partial charge in [0.2, 0.25) is 17.5 Å². The molecule has 3 amide bonds. The molecule has 0 saturated carbocycles. The second-order valence-electron chi connectivity index (χ2n) is 11.6. The number of oxazole rings is 1. The largest absolute Gasteiger partial charge is 0.467 e. The minimum atomic E-state index is -2.71. The number of aliphatic hydroxyl groups is 3. The van der Waals surface area contributed by atoms with E-state index in [4.69, 9.17) is 13.9 Å². The summed E-state index contributed by atoms with van der Waals surface area (Å²) >= 11 is 0. The van der Waals surface area contributed by atoms with E-state index in [-0.39, 0.29) is 12.5 Å². The van der Waals surface area contributed by atoms with Gasteiger partial charge >= 0.3 is 5.97 Å². The number of allylic oxidation sites excluding steroid dienone is 11. The van der Waals surface area contributed by atoms with Crippen LogP contribution in [-0.2, 0) is 35.1 Å². The maximum Gasteiger partial charge on any atom is 0.331 e. The van der Waals surface area contributed by atoms with E-state index in [9.17, 15) is 34.5 Å². The normalized spacial score (nSPS) is 16.0. The molecule has 0 saturated heterocycles. The molecule has 1 heterocycles. The highest BCUT2D eigenvalue weighted by atomic mass is 16.5. The molecule has 4 unspecified atom stereocenters. The van der Waals surface area contributed by atoms with Crippen molar-refractivity contribution in [3.8, 4) is 0 Å². The van der Waals surface area contributed by atoms with E-state index in [0.717, 1.165) is 23.8 Å². The van der Waals surface area contributed by atoms with Gasteiger partial charge in [0, 0.05) is 33.2 Å². The minimum Gasteiger partial charge on any atom is -0.467 e. The molecule has 1 aromatic rings. The first-order chi connectivity index (χ1) is 23.7. The first kappa shape index (κ1) is 43.1. The number of amides is 3. The molecule has 0 spiro atoms. The Morgan fingerprint density at radius 2 is 1.64 bits per heavy atom. The predicted molar refractivity (Wildman–Crippen MR) is 187 cm³/mol. The van der Waals surface area contributed by atoms with Gasteiger partial charge in [-0.25, -0.2) is 9.78 Å². The van der Waals surface area contributed by atoms with Crippen LogP contribution in [0.15, 0.2) is 102 Å². The number of hydrogen-bond donors (Lipinski definition) is 5. The predicted octanol–water partition coefficient (Wildman–Crippen LogP) is 1.84.